The quantitative estimate of drug-likeness (QED) is 0.430. The molecule has 1 N–H and O–H groups in total. The lowest BCUT2D eigenvalue weighted by molar-refractivity contribution is 0.169. The maximum absolute atomic E-state index is 9.62. The molecule has 0 aromatic heterocycles. The van der Waals surface area contributed by atoms with Crippen LogP contribution >= 0.6 is 0 Å². The van der Waals surface area contributed by atoms with Gasteiger partial charge in [0.2, 0.25) is 0 Å². The van der Waals surface area contributed by atoms with Crippen LogP contribution in [0.3, 0.4) is 0 Å². The van der Waals surface area contributed by atoms with Gasteiger partial charge in [-0.05, 0) is 13.8 Å². The average Bonchev–Trinajstić information content (AvgIpc) is 1.61. The fourth-order valence-corrected chi connectivity index (χ4v) is 0.407. The largest absolute Gasteiger partial charge is 0.748 e. The van der Waals surface area contributed by atoms with E-state index in [-0.39, 0.29) is 6.04 Å². The third-order valence-electron chi connectivity index (χ3n) is 0.352. The lowest BCUT2D eigenvalue weighted by Gasteiger charge is -2.08. The fourth-order valence-electron chi connectivity index (χ4n) is 0.136. The van der Waals surface area contributed by atoms with Gasteiger partial charge in [0.1, 0.15) is 11.4 Å². The van der Waals surface area contributed by atoms with Crippen LogP contribution in [0.1, 0.15) is 13.8 Å². The predicted molar refractivity (Wildman–Crippen MR) is 28.3 cm³/mol. The van der Waals surface area contributed by atoms with Crippen LogP contribution in [0.4, 0.5) is 0 Å². The lowest BCUT2D eigenvalue weighted by Crippen LogP contribution is -2.23. The van der Waals surface area contributed by atoms with Crippen LogP contribution in [0.15, 0.2) is 0 Å². The zero-order chi connectivity index (χ0) is 6.57. The van der Waals surface area contributed by atoms with E-state index < -0.39 is 11.4 Å². The first-order chi connectivity index (χ1) is 3.63. The second-order valence-electron chi connectivity index (χ2n) is 1.56. The molecule has 0 fully saturated rings. The summed E-state index contributed by atoms with van der Waals surface area (Å²) in [5.41, 5.74) is 2.23. The van der Waals surface area contributed by atoms with Gasteiger partial charge in [-0.15, -0.1) is 0 Å². The molecule has 0 rings (SSSR count). The van der Waals surface area contributed by atoms with Gasteiger partial charge in [-0.1, -0.05) is 0 Å². The minimum absolute atomic E-state index is 0.0212. The molecule has 0 aromatic carbocycles. The lowest BCUT2D eigenvalue weighted by atomic mass is 10.4. The van der Waals surface area contributed by atoms with Crippen LogP contribution in [0.2, 0.25) is 0 Å². The van der Waals surface area contributed by atoms with Gasteiger partial charge in [0.15, 0.2) is 0 Å². The Labute approximate surface area is 50.7 Å². The SMILES string of the molecule is CC(C)NOS(=O)[O-]. The molecule has 1 unspecified atom stereocenters. The number of nitrogens with one attached hydrogen (secondary N) is 1. The molecular weight excluding hydrogens is 130 g/mol. The maximum Gasteiger partial charge on any atom is 0.105 e. The maximum atomic E-state index is 9.62. The molecule has 4 nitrogen and oxygen atoms in total. The summed E-state index contributed by atoms with van der Waals surface area (Å²) in [4.78, 5) is 0. The fraction of sp³-hybridized carbons (Fsp3) is 1.00. The molecule has 0 heterocycles. The highest BCUT2D eigenvalue weighted by Crippen LogP contribution is 1.77. The zero-order valence-electron chi connectivity index (χ0n) is 4.71. The third-order valence-corrected chi connectivity index (χ3v) is 0.584. The number of hydrogen-bond acceptors (Lipinski definition) is 4. The van der Waals surface area contributed by atoms with E-state index in [0.717, 1.165) is 0 Å². The molecule has 0 saturated heterocycles. The summed E-state index contributed by atoms with van der Waals surface area (Å²) in [6, 6.07) is 0.0212. The first-order valence-corrected chi connectivity index (χ1v) is 3.15. The van der Waals surface area contributed by atoms with Crippen LogP contribution in [0.25, 0.3) is 0 Å². The van der Waals surface area contributed by atoms with Crippen LogP contribution in [0.5, 0.6) is 0 Å². The predicted octanol–water partition coefficient (Wildman–Crippen LogP) is -0.290. The van der Waals surface area contributed by atoms with Crippen LogP contribution < -0.4 is 5.48 Å². The molecule has 0 radical (unpaired) electrons. The van der Waals surface area contributed by atoms with Crippen molar-refractivity contribution >= 4 is 11.4 Å². The van der Waals surface area contributed by atoms with Gasteiger partial charge < -0.3 is 4.55 Å². The molecule has 0 spiro atoms. The van der Waals surface area contributed by atoms with Crippen molar-refractivity contribution in [3.05, 3.63) is 0 Å². The standard InChI is InChI=1S/C3H9NO3S/c1-3(2)4-7-8(5)6/h3-4H,1-2H3,(H,5,6)/p-1. The van der Waals surface area contributed by atoms with Crippen molar-refractivity contribution in [3.8, 4) is 0 Å². The Hall–Kier alpha value is 0.0300. The van der Waals surface area contributed by atoms with Crippen molar-refractivity contribution in [2.75, 3.05) is 0 Å². The molecule has 0 bridgehead atoms. The minimum Gasteiger partial charge on any atom is -0.748 e. The molecule has 50 valence electrons. The van der Waals surface area contributed by atoms with E-state index in [1.807, 2.05) is 0 Å². The highest BCUT2D eigenvalue weighted by atomic mass is 32.2. The summed E-state index contributed by atoms with van der Waals surface area (Å²) >= 11 is -2.45. The normalized spacial score (nSPS) is 14.5. The van der Waals surface area contributed by atoms with Gasteiger partial charge in [-0.25, -0.2) is 8.49 Å². The topological polar surface area (TPSA) is 61.4 Å². The Balaban J connectivity index is 3.05. The van der Waals surface area contributed by atoms with Gasteiger partial charge in [0.25, 0.3) is 0 Å². The molecule has 8 heavy (non-hydrogen) atoms. The summed E-state index contributed by atoms with van der Waals surface area (Å²) in [5, 5.41) is 0. The summed E-state index contributed by atoms with van der Waals surface area (Å²) in [7, 11) is 0. The van der Waals surface area contributed by atoms with Crippen molar-refractivity contribution in [1.82, 2.24) is 5.48 Å². The molecule has 0 saturated carbocycles. The molecule has 0 aliphatic heterocycles. The second-order valence-corrected chi connectivity index (χ2v) is 2.13. The van der Waals surface area contributed by atoms with Crippen molar-refractivity contribution in [2.45, 2.75) is 19.9 Å². The number of hydroxylamine groups is 1. The summed E-state index contributed by atoms with van der Waals surface area (Å²) < 4.78 is 23.2. The molecule has 5 heteroatoms. The molecule has 0 aliphatic carbocycles. The van der Waals surface area contributed by atoms with Crippen LogP contribution in [0, 0.1) is 0 Å². The van der Waals surface area contributed by atoms with Crippen LogP contribution in [-0.4, -0.2) is 14.8 Å². The molecule has 0 aromatic rings. The smallest absolute Gasteiger partial charge is 0.105 e. The highest BCUT2D eigenvalue weighted by molar-refractivity contribution is 7.74. The Morgan fingerprint density at radius 1 is 1.75 bits per heavy atom. The van der Waals surface area contributed by atoms with Crippen molar-refractivity contribution in [2.24, 2.45) is 0 Å². The molecule has 1 atom stereocenters. The minimum atomic E-state index is -2.45. The van der Waals surface area contributed by atoms with E-state index >= 15 is 0 Å². The Bertz CT molecular complexity index is 84.6. The van der Waals surface area contributed by atoms with Crippen molar-refractivity contribution in [1.29, 1.82) is 0 Å². The van der Waals surface area contributed by atoms with Crippen molar-refractivity contribution in [3.63, 3.8) is 0 Å². The summed E-state index contributed by atoms with van der Waals surface area (Å²) in [6.45, 7) is 3.54. The number of hydrogen-bond donors (Lipinski definition) is 1. The van der Waals surface area contributed by atoms with E-state index in [1.165, 1.54) is 0 Å². The molecular formula is C3H8NO3S-. The van der Waals surface area contributed by atoms with Gasteiger partial charge in [0, 0.05) is 6.04 Å². The van der Waals surface area contributed by atoms with E-state index in [9.17, 15) is 8.76 Å². The van der Waals surface area contributed by atoms with Crippen LogP contribution in [-0.2, 0) is 15.6 Å². The Kier molecular flexibility index (Phi) is 3.98. The Morgan fingerprint density at radius 2 is 2.25 bits per heavy atom. The van der Waals surface area contributed by atoms with Gasteiger partial charge in [0.05, 0.1) is 0 Å². The Morgan fingerprint density at radius 3 is 2.38 bits per heavy atom. The van der Waals surface area contributed by atoms with E-state index in [4.69, 9.17) is 0 Å². The van der Waals surface area contributed by atoms with Gasteiger partial charge >= 0.3 is 0 Å². The first kappa shape index (κ1) is 8.03. The van der Waals surface area contributed by atoms with E-state index in [0.29, 0.717) is 0 Å². The zero-order valence-corrected chi connectivity index (χ0v) is 5.53. The molecule has 0 aliphatic rings. The van der Waals surface area contributed by atoms with E-state index in [1.54, 1.807) is 13.8 Å². The summed E-state index contributed by atoms with van der Waals surface area (Å²) in [5.74, 6) is 0. The average molecular weight is 138 g/mol. The summed E-state index contributed by atoms with van der Waals surface area (Å²) in [6.07, 6.45) is 0. The highest BCUT2D eigenvalue weighted by Gasteiger charge is 1.88. The monoisotopic (exact) mass is 138 g/mol. The first-order valence-electron chi connectivity index (χ1n) is 2.15. The van der Waals surface area contributed by atoms with E-state index in [2.05, 4.69) is 9.76 Å². The third kappa shape index (κ3) is 6.03. The van der Waals surface area contributed by atoms with Gasteiger partial charge in [-0.2, -0.15) is 5.48 Å². The second kappa shape index (κ2) is 3.96. The number of rotatable bonds is 3. The molecule has 0 amide bonds. The van der Waals surface area contributed by atoms with Gasteiger partial charge in [-0.3, -0.25) is 0 Å². The van der Waals surface area contributed by atoms with Crippen molar-refractivity contribution < 1.29 is 13.0 Å².